The molecule has 0 N–H and O–H groups in total. The number of alkyl halides is 1. The Morgan fingerprint density at radius 3 is 2.70 bits per heavy atom. The maximum Gasteiger partial charge on any atom is 0.151 e. The summed E-state index contributed by atoms with van der Waals surface area (Å²) in [6.07, 6.45) is 7.02. The Morgan fingerprint density at radius 1 is 1.35 bits per heavy atom. The van der Waals surface area contributed by atoms with Gasteiger partial charge in [-0.3, -0.25) is 0 Å². The predicted molar refractivity (Wildman–Crippen MR) is 84.2 cm³/mol. The maximum absolute atomic E-state index is 6.15. The number of hydrogen-bond acceptors (Lipinski definition) is 4. The highest BCUT2D eigenvalue weighted by Gasteiger charge is 2.23. The first-order chi connectivity index (χ1) is 9.58. The minimum Gasteiger partial charge on any atom is -0.372 e. The van der Waals surface area contributed by atoms with Crippen LogP contribution in [0.25, 0.3) is 0 Å². The Bertz CT molecular complexity index is 440. The summed E-state index contributed by atoms with van der Waals surface area (Å²) in [5, 5.41) is 12.5. The molecule has 5 nitrogen and oxygen atoms in total. The van der Waals surface area contributed by atoms with E-state index in [1.165, 1.54) is 0 Å². The minimum atomic E-state index is 0.323. The molecule has 1 saturated carbocycles. The third-order valence-corrected chi connectivity index (χ3v) is 4.83. The first kappa shape index (κ1) is 15.6. The molecular weight excluding hydrogens is 294 g/mol. The van der Waals surface area contributed by atoms with E-state index in [0.717, 1.165) is 55.8 Å². The van der Waals surface area contributed by atoms with Crippen LogP contribution in [0.4, 0.5) is 0 Å². The molecule has 7 heteroatoms. The molecule has 1 fully saturated rings. The molecule has 0 aromatic carbocycles. The topological polar surface area (TPSA) is 46.8 Å². The van der Waals surface area contributed by atoms with Crippen LogP contribution in [-0.4, -0.2) is 49.6 Å². The van der Waals surface area contributed by atoms with Gasteiger partial charge in [0.15, 0.2) is 5.82 Å². The zero-order valence-corrected chi connectivity index (χ0v) is 13.7. The molecule has 1 aliphatic carbocycles. The predicted octanol–water partition coefficient (Wildman–Crippen LogP) is 2.61. The third-order valence-electron chi connectivity index (χ3n) is 3.82. The molecule has 0 aliphatic heterocycles. The molecule has 1 aromatic heterocycles. The van der Waals surface area contributed by atoms with E-state index in [1.54, 1.807) is 0 Å². The summed E-state index contributed by atoms with van der Waals surface area (Å²) in [5.41, 5.74) is 0. The summed E-state index contributed by atoms with van der Waals surface area (Å²) < 4.78 is 2.00. The number of aryl methyl sites for hydroxylation is 1. The standard InChI is InChI=1S/C13H22ClN5S/c1-18(2)13(20)5-3-4-12-15-16-17-19(12)11-8-6-10(14)7-9-11/h10-11H,3-9H2,1-2H3. The maximum atomic E-state index is 6.15. The van der Waals surface area contributed by atoms with E-state index in [1.807, 2.05) is 23.7 Å². The van der Waals surface area contributed by atoms with Crippen molar-refractivity contribution in [2.24, 2.45) is 0 Å². The fourth-order valence-electron chi connectivity index (χ4n) is 2.56. The molecule has 1 aromatic rings. The summed E-state index contributed by atoms with van der Waals surface area (Å²) in [4.78, 5) is 2.96. The minimum absolute atomic E-state index is 0.323. The van der Waals surface area contributed by atoms with Gasteiger partial charge in [0.25, 0.3) is 0 Å². The van der Waals surface area contributed by atoms with E-state index >= 15 is 0 Å². The Labute approximate surface area is 130 Å². The summed E-state index contributed by atoms with van der Waals surface area (Å²) in [6, 6.07) is 0.413. The zero-order valence-electron chi connectivity index (χ0n) is 12.1. The number of rotatable bonds is 5. The number of nitrogens with zero attached hydrogens (tertiary/aromatic N) is 5. The van der Waals surface area contributed by atoms with Crippen LogP contribution in [0.3, 0.4) is 0 Å². The highest BCUT2D eigenvalue weighted by Crippen LogP contribution is 2.31. The van der Waals surface area contributed by atoms with E-state index in [-0.39, 0.29) is 0 Å². The third kappa shape index (κ3) is 4.12. The van der Waals surface area contributed by atoms with Gasteiger partial charge in [0, 0.05) is 25.9 Å². The molecule has 0 unspecified atom stereocenters. The van der Waals surface area contributed by atoms with Gasteiger partial charge in [-0.1, -0.05) is 12.2 Å². The number of halogens is 1. The first-order valence-electron chi connectivity index (χ1n) is 7.19. The van der Waals surface area contributed by atoms with Crippen molar-refractivity contribution in [2.75, 3.05) is 14.1 Å². The highest BCUT2D eigenvalue weighted by molar-refractivity contribution is 7.80. The number of aromatic nitrogens is 4. The van der Waals surface area contributed by atoms with Crippen molar-refractivity contribution in [3.8, 4) is 0 Å². The van der Waals surface area contributed by atoms with Gasteiger partial charge in [0.05, 0.1) is 11.0 Å². The van der Waals surface area contributed by atoms with Crippen LogP contribution in [0.2, 0.25) is 0 Å². The van der Waals surface area contributed by atoms with Crippen molar-refractivity contribution in [1.82, 2.24) is 25.1 Å². The lowest BCUT2D eigenvalue weighted by atomic mass is 9.95. The van der Waals surface area contributed by atoms with Crippen molar-refractivity contribution >= 4 is 28.8 Å². The van der Waals surface area contributed by atoms with E-state index in [9.17, 15) is 0 Å². The van der Waals surface area contributed by atoms with Crippen molar-refractivity contribution in [3.63, 3.8) is 0 Å². The van der Waals surface area contributed by atoms with Gasteiger partial charge in [-0.25, -0.2) is 4.68 Å². The van der Waals surface area contributed by atoms with Crippen molar-refractivity contribution < 1.29 is 0 Å². The van der Waals surface area contributed by atoms with Crippen LogP contribution >= 0.6 is 23.8 Å². The quantitative estimate of drug-likeness (QED) is 0.617. The molecular formula is C13H22ClN5S. The van der Waals surface area contributed by atoms with Crippen LogP contribution in [0.1, 0.15) is 50.4 Å². The number of tetrazole rings is 1. The van der Waals surface area contributed by atoms with Gasteiger partial charge in [-0.05, 0) is 49.0 Å². The summed E-state index contributed by atoms with van der Waals surface area (Å²) >= 11 is 11.4. The lowest BCUT2D eigenvalue weighted by Gasteiger charge is -2.25. The summed E-state index contributed by atoms with van der Waals surface area (Å²) in [5.74, 6) is 0.976. The molecule has 0 bridgehead atoms. The Hall–Kier alpha value is -0.750. The summed E-state index contributed by atoms with van der Waals surface area (Å²) in [6.45, 7) is 0. The van der Waals surface area contributed by atoms with Crippen LogP contribution in [0.15, 0.2) is 0 Å². The molecule has 20 heavy (non-hydrogen) atoms. The lowest BCUT2D eigenvalue weighted by Crippen LogP contribution is -2.22. The molecule has 0 atom stereocenters. The van der Waals surface area contributed by atoms with E-state index in [4.69, 9.17) is 23.8 Å². The number of hydrogen-bond donors (Lipinski definition) is 0. The largest absolute Gasteiger partial charge is 0.372 e. The Balaban J connectivity index is 1.87. The molecule has 0 amide bonds. The average Bonchev–Trinajstić information content (AvgIpc) is 2.88. The fraction of sp³-hybridized carbons (Fsp3) is 0.846. The van der Waals surface area contributed by atoms with Gasteiger partial charge in [-0.15, -0.1) is 16.7 Å². The smallest absolute Gasteiger partial charge is 0.151 e. The van der Waals surface area contributed by atoms with Gasteiger partial charge >= 0.3 is 0 Å². The van der Waals surface area contributed by atoms with E-state index in [2.05, 4.69) is 15.5 Å². The second kappa shape index (κ2) is 7.31. The average molecular weight is 316 g/mol. The molecule has 1 heterocycles. The Morgan fingerprint density at radius 2 is 2.05 bits per heavy atom. The number of thiocarbonyl (C=S) groups is 1. The molecule has 1 aliphatic rings. The molecule has 112 valence electrons. The van der Waals surface area contributed by atoms with Crippen LogP contribution in [0, 0.1) is 0 Å². The van der Waals surface area contributed by atoms with Gasteiger partial charge in [0.1, 0.15) is 0 Å². The second-order valence-electron chi connectivity index (χ2n) is 5.59. The van der Waals surface area contributed by atoms with Crippen molar-refractivity contribution in [1.29, 1.82) is 0 Å². The van der Waals surface area contributed by atoms with Gasteiger partial charge < -0.3 is 4.90 Å². The van der Waals surface area contributed by atoms with Crippen molar-refractivity contribution in [2.45, 2.75) is 56.4 Å². The van der Waals surface area contributed by atoms with Gasteiger partial charge in [-0.2, -0.15) is 0 Å². The first-order valence-corrected chi connectivity index (χ1v) is 8.03. The van der Waals surface area contributed by atoms with E-state index < -0.39 is 0 Å². The highest BCUT2D eigenvalue weighted by atomic mass is 35.5. The van der Waals surface area contributed by atoms with Crippen LogP contribution < -0.4 is 0 Å². The van der Waals surface area contributed by atoms with Crippen LogP contribution in [0.5, 0.6) is 0 Å². The van der Waals surface area contributed by atoms with Crippen LogP contribution in [-0.2, 0) is 6.42 Å². The SMILES string of the molecule is CN(C)C(=S)CCCc1nnnn1C1CCC(Cl)CC1. The monoisotopic (exact) mass is 315 g/mol. The molecule has 2 rings (SSSR count). The zero-order chi connectivity index (χ0) is 14.5. The summed E-state index contributed by atoms with van der Waals surface area (Å²) in [7, 11) is 3.97. The molecule has 0 radical (unpaired) electrons. The fourth-order valence-corrected chi connectivity index (χ4v) is 2.96. The van der Waals surface area contributed by atoms with Crippen molar-refractivity contribution in [3.05, 3.63) is 5.82 Å². The molecule has 0 saturated heterocycles. The van der Waals surface area contributed by atoms with E-state index in [0.29, 0.717) is 11.4 Å². The van der Waals surface area contributed by atoms with Gasteiger partial charge in [0.2, 0.25) is 0 Å². The lowest BCUT2D eigenvalue weighted by molar-refractivity contribution is 0.319. The Kier molecular flexibility index (Phi) is 5.72. The molecule has 0 spiro atoms. The normalized spacial score (nSPS) is 22.8. The second-order valence-corrected chi connectivity index (χ2v) is 6.68.